The van der Waals surface area contributed by atoms with E-state index in [9.17, 15) is 4.39 Å². The maximum atomic E-state index is 13.3. The van der Waals surface area contributed by atoms with E-state index in [0.717, 1.165) is 10.0 Å². The summed E-state index contributed by atoms with van der Waals surface area (Å²) in [7, 11) is 0. The van der Waals surface area contributed by atoms with Crippen LogP contribution in [0, 0.1) is 5.82 Å². The van der Waals surface area contributed by atoms with Crippen LogP contribution in [0.4, 0.5) is 10.1 Å². The third-order valence-corrected chi connectivity index (χ3v) is 3.64. The Morgan fingerprint density at radius 3 is 2.65 bits per heavy atom. The number of hydrogen-bond donors (Lipinski definition) is 1. The average Bonchev–Trinajstić information content (AvgIpc) is 2.81. The summed E-state index contributed by atoms with van der Waals surface area (Å²) in [5.74, 6) is -0.306. The molecule has 3 rings (SSSR count). The van der Waals surface area contributed by atoms with E-state index < -0.39 is 0 Å². The topological polar surface area (TPSA) is 43.8 Å². The summed E-state index contributed by atoms with van der Waals surface area (Å²) in [6.07, 6.45) is 1.68. The summed E-state index contributed by atoms with van der Waals surface area (Å²) in [4.78, 5) is 0. The second-order valence-corrected chi connectivity index (χ2v) is 5.19. The van der Waals surface area contributed by atoms with Crippen LogP contribution in [0.25, 0.3) is 16.9 Å². The molecule has 1 aromatic heterocycles. The van der Waals surface area contributed by atoms with Crippen molar-refractivity contribution < 1.29 is 4.39 Å². The van der Waals surface area contributed by atoms with E-state index in [1.54, 1.807) is 23.0 Å². The zero-order valence-electron chi connectivity index (χ0n) is 10.4. The zero-order valence-corrected chi connectivity index (χ0v) is 12.0. The minimum absolute atomic E-state index is 0.306. The van der Waals surface area contributed by atoms with Gasteiger partial charge in [0.1, 0.15) is 11.5 Å². The van der Waals surface area contributed by atoms with Crippen molar-refractivity contribution in [2.45, 2.75) is 0 Å². The van der Waals surface area contributed by atoms with Gasteiger partial charge in [0.2, 0.25) is 0 Å². The molecule has 100 valence electrons. The summed E-state index contributed by atoms with van der Waals surface area (Å²) >= 11 is 3.48. The number of aromatic nitrogens is 2. The lowest BCUT2D eigenvalue weighted by Crippen LogP contribution is -1.95. The van der Waals surface area contributed by atoms with E-state index in [4.69, 9.17) is 5.73 Å². The van der Waals surface area contributed by atoms with Crippen LogP contribution in [-0.4, -0.2) is 9.78 Å². The van der Waals surface area contributed by atoms with E-state index in [0.29, 0.717) is 17.1 Å². The first-order chi connectivity index (χ1) is 9.65. The van der Waals surface area contributed by atoms with Crippen LogP contribution in [-0.2, 0) is 0 Å². The quantitative estimate of drug-likeness (QED) is 0.770. The Balaban J connectivity index is 2.10. The van der Waals surface area contributed by atoms with Crippen LogP contribution >= 0.6 is 15.9 Å². The zero-order chi connectivity index (χ0) is 14.1. The number of benzene rings is 2. The van der Waals surface area contributed by atoms with Gasteiger partial charge in [0.15, 0.2) is 0 Å². The van der Waals surface area contributed by atoms with Gasteiger partial charge < -0.3 is 5.73 Å². The third kappa shape index (κ3) is 2.32. The van der Waals surface area contributed by atoms with E-state index in [1.807, 2.05) is 24.3 Å². The van der Waals surface area contributed by atoms with Gasteiger partial charge in [-0.15, -0.1) is 0 Å². The average molecular weight is 332 g/mol. The van der Waals surface area contributed by atoms with Gasteiger partial charge in [0.25, 0.3) is 0 Å². The normalized spacial score (nSPS) is 10.7. The SMILES string of the molecule is Nc1cn(-c2cccc(F)c2)nc1-c1ccccc1Br. The van der Waals surface area contributed by atoms with Gasteiger partial charge in [-0.25, -0.2) is 9.07 Å². The molecule has 0 aliphatic rings. The van der Waals surface area contributed by atoms with Crippen LogP contribution in [0.3, 0.4) is 0 Å². The van der Waals surface area contributed by atoms with Gasteiger partial charge in [-0.1, -0.05) is 40.2 Å². The summed E-state index contributed by atoms with van der Waals surface area (Å²) in [5.41, 5.74) is 8.77. The fourth-order valence-corrected chi connectivity index (χ4v) is 2.47. The number of nitrogens with two attached hydrogens (primary N) is 1. The molecule has 5 heteroatoms. The van der Waals surface area contributed by atoms with Gasteiger partial charge in [-0.05, 0) is 24.3 Å². The molecule has 2 aromatic carbocycles. The van der Waals surface area contributed by atoms with Gasteiger partial charge in [0, 0.05) is 10.0 Å². The number of rotatable bonds is 2. The fourth-order valence-electron chi connectivity index (χ4n) is 2.00. The van der Waals surface area contributed by atoms with Crippen molar-refractivity contribution >= 4 is 21.6 Å². The third-order valence-electron chi connectivity index (χ3n) is 2.94. The van der Waals surface area contributed by atoms with E-state index >= 15 is 0 Å². The number of nitrogens with zero attached hydrogens (tertiary/aromatic N) is 2. The molecular formula is C15H11BrFN3. The van der Waals surface area contributed by atoms with Crippen LogP contribution in [0.1, 0.15) is 0 Å². The molecule has 1 heterocycles. The summed E-state index contributed by atoms with van der Waals surface area (Å²) in [5, 5.41) is 4.45. The van der Waals surface area contributed by atoms with Crippen LogP contribution in [0.15, 0.2) is 59.2 Å². The minimum atomic E-state index is -0.306. The molecule has 3 nitrogen and oxygen atoms in total. The van der Waals surface area contributed by atoms with Crippen LogP contribution in [0.2, 0.25) is 0 Å². The number of nitrogen functional groups attached to an aromatic ring is 1. The van der Waals surface area contributed by atoms with Crippen molar-refractivity contribution in [1.29, 1.82) is 0 Å². The number of halogens is 2. The predicted molar refractivity (Wildman–Crippen MR) is 81.1 cm³/mol. The highest BCUT2D eigenvalue weighted by atomic mass is 79.9. The largest absolute Gasteiger partial charge is 0.396 e. The summed E-state index contributed by atoms with van der Waals surface area (Å²) in [6.45, 7) is 0. The Morgan fingerprint density at radius 1 is 1.10 bits per heavy atom. The standard InChI is InChI=1S/C15H11BrFN3/c16-13-7-2-1-6-12(13)15-14(18)9-20(19-15)11-5-3-4-10(17)8-11/h1-9H,18H2. The molecule has 0 saturated carbocycles. The first-order valence-electron chi connectivity index (χ1n) is 6.01. The van der Waals surface area contributed by atoms with Crippen molar-refractivity contribution in [2.75, 3.05) is 5.73 Å². The Hall–Kier alpha value is -2.14. The predicted octanol–water partition coefficient (Wildman–Crippen LogP) is 4.02. The highest BCUT2D eigenvalue weighted by Gasteiger charge is 2.12. The van der Waals surface area contributed by atoms with Gasteiger partial charge in [-0.3, -0.25) is 0 Å². The highest BCUT2D eigenvalue weighted by Crippen LogP contribution is 2.31. The number of hydrogen-bond acceptors (Lipinski definition) is 2. The second-order valence-electron chi connectivity index (χ2n) is 4.34. The molecule has 0 amide bonds. The molecular weight excluding hydrogens is 321 g/mol. The lowest BCUT2D eigenvalue weighted by molar-refractivity contribution is 0.625. The molecule has 0 fully saturated rings. The fraction of sp³-hybridized carbons (Fsp3) is 0. The molecule has 0 aliphatic carbocycles. The minimum Gasteiger partial charge on any atom is -0.396 e. The molecule has 0 unspecified atom stereocenters. The van der Waals surface area contributed by atoms with Crippen molar-refractivity contribution in [2.24, 2.45) is 0 Å². The lowest BCUT2D eigenvalue weighted by atomic mass is 10.1. The van der Waals surface area contributed by atoms with E-state index in [1.165, 1.54) is 12.1 Å². The maximum Gasteiger partial charge on any atom is 0.125 e. The molecule has 0 atom stereocenters. The van der Waals surface area contributed by atoms with Crippen molar-refractivity contribution in [3.63, 3.8) is 0 Å². The van der Waals surface area contributed by atoms with Crippen molar-refractivity contribution in [3.05, 3.63) is 65.0 Å². The van der Waals surface area contributed by atoms with E-state index in [-0.39, 0.29) is 5.82 Å². The van der Waals surface area contributed by atoms with Crippen LogP contribution in [0.5, 0.6) is 0 Å². The Labute approximate surface area is 124 Å². The molecule has 0 bridgehead atoms. The molecule has 0 aliphatic heterocycles. The van der Waals surface area contributed by atoms with Crippen LogP contribution < -0.4 is 5.73 Å². The summed E-state index contributed by atoms with van der Waals surface area (Å²) in [6, 6.07) is 13.9. The van der Waals surface area contributed by atoms with Crippen molar-refractivity contribution in [1.82, 2.24) is 9.78 Å². The molecule has 20 heavy (non-hydrogen) atoms. The molecule has 0 radical (unpaired) electrons. The maximum absolute atomic E-state index is 13.3. The second kappa shape index (κ2) is 5.09. The molecule has 2 N–H and O–H groups in total. The van der Waals surface area contributed by atoms with E-state index in [2.05, 4.69) is 21.0 Å². The lowest BCUT2D eigenvalue weighted by Gasteiger charge is -2.02. The van der Waals surface area contributed by atoms with Crippen molar-refractivity contribution in [3.8, 4) is 16.9 Å². The van der Waals surface area contributed by atoms with Gasteiger partial charge in [-0.2, -0.15) is 5.10 Å². The summed E-state index contributed by atoms with van der Waals surface area (Å²) < 4.78 is 15.8. The van der Waals surface area contributed by atoms with Gasteiger partial charge in [0.05, 0.1) is 17.6 Å². The Bertz CT molecular complexity index is 767. The molecule has 3 aromatic rings. The first-order valence-corrected chi connectivity index (χ1v) is 6.80. The first kappa shape index (κ1) is 12.9. The number of anilines is 1. The Kier molecular flexibility index (Phi) is 3.28. The Morgan fingerprint density at radius 2 is 1.90 bits per heavy atom. The molecule has 0 spiro atoms. The monoisotopic (exact) mass is 331 g/mol. The molecule has 0 saturated heterocycles. The highest BCUT2D eigenvalue weighted by molar-refractivity contribution is 9.10. The van der Waals surface area contributed by atoms with Gasteiger partial charge >= 0.3 is 0 Å². The smallest absolute Gasteiger partial charge is 0.125 e.